The van der Waals surface area contributed by atoms with Crippen LogP contribution in [0.4, 0.5) is 0 Å². The zero-order chi connectivity index (χ0) is 10.8. The highest BCUT2D eigenvalue weighted by atomic mass is 16.4. The lowest BCUT2D eigenvalue weighted by molar-refractivity contribution is 0.0687. The number of carboxylic acid groups (broad SMARTS) is 1. The molecular weight excluding hydrogens is 196 g/mol. The molecule has 6 nitrogen and oxygen atoms in total. The lowest BCUT2D eigenvalue weighted by Crippen LogP contribution is -2.18. The smallest absolute Gasteiger partial charge is 0.358 e. The van der Waals surface area contributed by atoms with E-state index in [0.717, 1.165) is 19.3 Å². The van der Waals surface area contributed by atoms with Crippen LogP contribution < -0.4 is 0 Å². The highest BCUT2D eigenvalue weighted by Gasteiger charge is 2.30. The first-order chi connectivity index (χ1) is 7.24. The van der Waals surface area contributed by atoms with Gasteiger partial charge < -0.3 is 5.11 Å². The van der Waals surface area contributed by atoms with Crippen molar-refractivity contribution in [3.63, 3.8) is 0 Å². The molecule has 0 bridgehead atoms. The number of hydrogen-bond donors (Lipinski definition) is 1. The number of hydrogen-bond acceptors (Lipinski definition) is 4. The molecule has 1 aliphatic rings. The monoisotopic (exact) mass is 206 g/mol. The van der Waals surface area contributed by atoms with Crippen LogP contribution in [0, 0.1) is 11.3 Å². The third-order valence-electron chi connectivity index (χ3n) is 2.69. The lowest BCUT2D eigenvalue weighted by atomic mass is 9.82. The molecule has 2 rings (SSSR count). The molecule has 1 heterocycles. The molecule has 1 aliphatic carbocycles. The summed E-state index contributed by atoms with van der Waals surface area (Å²) >= 11 is 0. The Labute approximate surface area is 86.1 Å². The molecule has 0 atom stereocenters. The van der Waals surface area contributed by atoms with Gasteiger partial charge in [-0.1, -0.05) is 11.6 Å². The minimum atomic E-state index is -1.07. The Balaban J connectivity index is 2.39. The van der Waals surface area contributed by atoms with Gasteiger partial charge in [-0.05, 0) is 12.8 Å². The van der Waals surface area contributed by atoms with E-state index in [1.807, 2.05) is 6.07 Å². The Morgan fingerprint density at radius 3 is 2.87 bits per heavy atom. The molecule has 1 aromatic rings. The maximum Gasteiger partial charge on any atom is 0.358 e. The first kappa shape index (κ1) is 9.65. The summed E-state index contributed by atoms with van der Waals surface area (Å²) in [5, 5.41) is 24.8. The van der Waals surface area contributed by atoms with E-state index in [1.54, 1.807) is 0 Å². The minimum absolute atomic E-state index is 0.00468. The van der Waals surface area contributed by atoms with Crippen molar-refractivity contribution in [1.29, 1.82) is 5.26 Å². The summed E-state index contributed by atoms with van der Waals surface area (Å²) in [5.74, 6) is -0.861. The fraction of sp³-hybridized carbons (Fsp3) is 0.556. The molecule has 1 fully saturated rings. The summed E-state index contributed by atoms with van der Waals surface area (Å²) in [7, 11) is 0. The van der Waals surface area contributed by atoms with Gasteiger partial charge in [0.2, 0.25) is 0 Å². The first-order valence-electron chi connectivity index (χ1n) is 4.77. The van der Waals surface area contributed by atoms with Gasteiger partial charge in [-0.15, -0.1) is 5.10 Å². The van der Waals surface area contributed by atoms with Crippen LogP contribution in [0.5, 0.6) is 0 Å². The predicted octanol–water partition coefficient (Wildman–Crippen LogP) is 0.767. The minimum Gasteiger partial charge on any atom is -0.476 e. The van der Waals surface area contributed by atoms with Crippen LogP contribution in [-0.4, -0.2) is 26.1 Å². The van der Waals surface area contributed by atoms with Crippen LogP contribution in [0.3, 0.4) is 0 Å². The largest absolute Gasteiger partial charge is 0.476 e. The Morgan fingerprint density at radius 1 is 1.67 bits per heavy atom. The molecule has 0 unspecified atom stereocenters. The quantitative estimate of drug-likeness (QED) is 0.788. The Morgan fingerprint density at radius 2 is 2.40 bits per heavy atom. The molecule has 1 aromatic heterocycles. The Hall–Kier alpha value is -1.90. The van der Waals surface area contributed by atoms with Crippen molar-refractivity contribution >= 4 is 5.97 Å². The van der Waals surface area contributed by atoms with Gasteiger partial charge in [0.1, 0.15) is 6.54 Å². The number of aromatic nitrogens is 3. The van der Waals surface area contributed by atoms with Gasteiger partial charge in [0.05, 0.1) is 11.8 Å². The highest BCUT2D eigenvalue weighted by molar-refractivity contribution is 5.86. The van der Waals surface area contributed by atoms with Gasteiger partial charge in [0.15, 0.2) is 5.69 Å². The van der Waals surface area contributed by atoms with E-state index in [-0.39, 0.29) is 18.2 Å². The highest BCUT2D eigenvalue weighted by Crippen LogP contribution is 2.37. The normalized spacial score (nSPS) is 15.7. The average molecular weight is 206 g/mol. The van der Waals surface area contributed by atoms with Gasteiger partial charge in [-0.2, -0.15) is 5.26 Å². The van der Waals surface area contributed by atoms with Crippen molar-refractivity contribution in [2.75, 3.05) is 0 Å². The first-order valence-corrected chi connectivity index (χ1v) is 4.77. The summed E-state index contributed by atoms with van der Waals surface area (Å²) < 4.78 is 1.40. The maximum atomic E-state index is 10.9. The molecule has 0 aliphatic heterocycles. The third-order valence-corrected chi connectivity index (χ3v) is 2.69. The molecule has 0 amide bonds. The third kappa shape index (κ3) is 1.56. The van der Waals surface area contributed by atoms with Gasteiger partial charge in [0.25, 0.3) is 0 Å². The maximum absolute atomic E-state index is 10.9. The van der Waals surface area contributed by atoms with Crippen LogP contribution in [0.15, 0.2) is 0 Å². The molecule has 0 aromatic carbocycles. The lowest BCUT2D eigenvalue weighted by Gasteiger charge is -2.25. The molecule has 1 N–H and O–H groups in total. The summed E-state index contributed by atoms with van der Waals surface area (Å²) in [6, 6.07) is 1.95. The van der Waals surface area contributed by atoms with Gasteiger partial charge >= 0.3 is 5.97 Å². The molecule has 0 spiro atoms. The van der Waals surface area contributed by atoms with Crippen LogP contribution >= 0.6 is 0 Å². The molecule has 15 heavy (non-hydrogen) atoms. The van der Waals surface area contributed by atoms with E-state index < -0.39 is 5.97 Å². The summed E-state index contributed by atoms with van der Waals surface area (Å²) in [5.41, 5.74) is 0.602. The van der Waals surface area contributed by atoms with Crippen molar-refractivity contribution < 1.29 is 9.90 Å². The number of carboxylic acids is 1. The van der Waals surface area contributed by atoms with Crippen molar-refractivity contribution in [3.05, 3.63) is 11.4 Å². The van der Waals surface area contributed by atoms with E-state index in [9.17, 15) is 4.79 Å². The second-order valence-electron chi connectivity index (χ2n) is 3.57. The van der Waals surface area contributed by atoms with Crippen molar-refractivity contribution in [2.45, 2.75) is 31.7 Å². The zero-order valence-corrected chi connectivity index (χ0v) is 8.05. The van der Waals surface area contributed by atoms with Crippen LogP contribution in [0.25, 0.3) is 0 Å². The van der Waals surface area contributed by atoms with Crippen LogP contribution in [0.1, 0.15) is 41.4 Å². The zero-order valence-electron chi connectivity index (χ0n) is 8.05. The molecular formula is C9H10N4O2. The molecule has 0 radical (unpaired) electrons. The second kappa shape index (κ2) is 3.69. The SMILES string of the molecule is N#CCn1nnc(C(=O)O)c1C1CCC1. The molecule has 78 valence electrons. The van der Waals surface area contributed by atoms with E-state index in [1.165, 1.54) is 4.68 Å². The number of carbonyl (C=O) groups is 1. The molecule has 1 saturated carbocycles. The van der Waals surface area contributed by atoms with Crippen LogP contribution in [-0.2, 0) is 6.54 Å². The topological polar surface area (TPSA) is 91.8 Å². The summed E-state index contributed by atoms with van der Waals surface area (Å²) in [6.07, 6.45) is 3.01. The fourth-order valence-corrected chi connectivity index (χ4v) is 1.74. The van der Waals surface area contributed by atoms with Crippen molar-refractivity contribution in [3.8, 4) is 6.07 Å². The number of rotatable bonds is 3. The summed E-state index contributed by atoms with van der Waals surface area (Å²) in [6.45, 7) is 0.0616. The predicted molar refractivity (Wildman–Crippen MR) is 49.2 cm³/mol. The number of nitriles is 1. The second-order valence-corrected chi connectivity index (χ2v) is 3.57. The average Bonchev–Trinajstić information content (AvgIpc) is 2.47. The van der Waals surface area contributed by atoms with Gasteiger partial charge in [-0.3, -0.25) is 0 Å². The fourth-order valence-electron chi connectivity index (χ4n) is 1.74. The molecule has 6 heteroatoms. The summed E-state index contributed by atoms with van der Waals surface area (Å²) in [4.78, 5) is 10.9. The van der Waals surface area contributed by atoms with E-state index in [0.29, 0.717) is 5.69 Å². The standard InChI is InChI=1S/C9H10N4O2/c10-4-5-13-8(6-2-1-3-6)7(9(14)15)11-12-13/h6H,1-3,5H2,(H,14,15). The van der Waals surface area contributed by atoms with Crippen LogP contribution in [0.2, 0.25) is 0 Å². The Bertz CT molecular complexity index is 428. The Kier molecular flexibility index (Phi) is 2.37. The number of aromatic carboxylic acids is 1. The van der Waals surface area contributed by atoms with Gasteiger partial charge in [-0.25, -0.2) is 9.48 Å². The van der Waals surface area contributed by atoms with E-state index in [2.05, 4.69) is 10.3 Å². The van der Waals surface area contributed by atoms with E-state index in [4.69, 9.17) is 10.4 Å². The van der Waals surface area contributed by atoms with Gasteiger partial charge in [0, 0.05) is 5.92 Å². The van der Waals surface area contributed by atoms with Crippen molar-refractivity contribution in [2.24, 2.45) is 0 Å². The van der Waals surface area contributed by atoms with E-state index >= 15 is 0 Å². The van der Waals surface area contributed by atoms with Crippen molar-refractivity contribution in [1.82, 2.24) is 15.0 Å². The number of nitrogens with zero attached hydrogens (tertiary/aromatic N) is 4. The molecule has 0 saturated heterocycles.